The normalized spacial score (nSPS) is 25.6. The molecule has 0 radical (unpaired) electrons. The first-order chi connectivity index (χ1) is 13.8. The lowest BCUT2D eigenvalue weighted by atomic mass is 9.63. The van der Waals surface area contributed by atoms with Crippen LogP contribution in [0.2, 0.25) is 0 Å². The third kappa shape index (κ3) is 2.13. The largest absolute Gasteiger partial charge is 0.495 e. The maximum atomic E-state index is 13.8. The van der Waals surface area contributed by atoms with Crippen molar-refractivity contribution in [3.63, 3.8) is 0 Å². The highest BCUT2D eigenvalue weighted by Gasteiger charge is 2.73. The Balaban J connectivity index is 1.91. The molecule has 1 saturated carbocycles. The molecule has 1 fully saturated rings. The highest BCUT2D eigenvalue weighted by Crippen LogP contribution is 2.70. The van der Waals surface area contributed by atoms with Gasteiger partial charge in [-0.25, -0.2) is 9.97 Å². The van der Waals surface area contributed by atoms with Crippen molar-refractivity contribution in [3.8, 4) is 17.9 Å². The first-order valence-electron chi connectivity index (χ1n) is 9.44. The fraction of sp³-hybridized carbons (Fsp3) is 0.409. The van der Waals surface area contributed by atoms with Gasteiger partial charge in [0, 0.05) is 5.41 Å². The number of aromatic nitrogens is 2. The van der Waals surface area contributed by atoms with Crippen LogP contribution in [0.25, 0.3) is 0 Å². The molecule has 2 aliphatic rings. The van der Waals surface area contributed by atoms with Crippen molar-refractivity contribution < 1.29 is 9.53 Å². The van der Waals surface area contributed by atoms with Gasteiger partial charge < -0.3 is 10.1 Å². The molecule has 2 bridgehead atoms. The standard InChI is InChI=1S/C22H21N5O2/c1-20(2)21(3)9-10-22(20,18-17(21)25-14(11-23)15(12-24)26-18)19(28)27-13-7-5-6-8-16(13)29-4/h5-8H,9-10H2,1-4H3,(H,27,28). The number of nitriles is 2. The van der Waals surface area contributed by atoms with Crippen LogP contribution in [0.15, 0.2) is 24.3 Å². The van der Waals surface area contributed by atoms with Crippen LogP contribution in [0.1, 0.15) is 56.4 Å². The molecule has 2 aromatic rings. The summed E-state index contributed by atoms with van der Waals surface area (Å²) in [6.45, 7) is 6.16. The molecule has 1 N–H and O–H groups in total. The fourth-order valence-corrected chi connectivity index (χ4v) is 5.12. The lowest BCUT2D eigenvalue weighted by Crippen LogP contribution is -2.48. The molecular weight excluding hydrogens is 366 g/mol. The summed E-state index contributed by atoms with van der Waals surface area (Å²) >= 11 is 0. The van der Waals surface area contributed by atoms with Gasteiger partial charge in [0.1, 0.15) is 17.9 Å². The number of para-hydroxylation sites is 2. The average Bonchev–Trinajstić information content (AvgIpc) is 3.02. The number of amides is 1. The SMILES string of the molecule is COc1ccccc1NC(=O)C12CCC(C)(c3nc(C#N)c(C#N)nc31)C2(C)C. The number of carbonyl (C=O) groups excluding carboxylic acids is 1. The van der Waals surface area contributed by atoms with Crippen LogP contribution in [0.5, 0.6) is 5.75 Å². The highest BCUT2D eigenvalue weighted by atomic mass is 16.5. The van der Waals surface area contributed by atoms with E-state index < -0.39 is 16.2 Å². The Morgan fingerprint density at radius 1 is 1.07 bits per heavy atom. The summed E-state index contributed by atoms with van der Waals surface area (Å²) in [6.07, 6.45) is 1.34. The van der Waals surface area contributed by atoms with Gasteiger partial charge in [-0.1, -0.05) is 32.9 Å². The summed E-state index contributed by atoms with van der Waals surface area (Å²) in [6, 6.07) is 11.2. The van der Waals surface area contributed by atoms with Crippen molar-refractivity contribution >= 4 is 11.6 Å². The molecule has 0 aliphatic heterocycles. The van der Waals surface area contributed by atoms with Gasteiger partial charge in [0.15, 0.2) is 11.4 Å². The third-order valence-electron chi connectivity index (χ3n) is 7.22. The Kier molecular flexibility index (Phi) is 3.92. The van der Waals surface area contributed by atoms with E-state index in [1.165, 1.54) is 0 Å². The molecule has 1 aromatic heterocycles. The van der Waals surface area contributed by atoms with Crippen molar-refractivity contribution in [2.45, 2.75) is 44.4 Å². The van der Waals surface area contributed by atoms with Gasteiger partial charge in [-0.15, -0.1) is 0 Å². The summed E-state index contributed by atoms with van der Waals surface area (Å²) in [7, 11) is 1.55. The van der Waals surface area contributed by atoms with Crippen LogP contribution in [0, 0.1) is 28.1 Å². The molecule has 7 heteroatoms. The van der Waals surface area contributed by atoms with E-state index in [-0.39, 0.29) is 17.3 Å². The fourth-order valence-electron chi connectivity index (χ4n) is 5.12. The summed E-state index contributed by atoms with van der Waals surface area (Å²) in [5.74, 6) is 0.370. The van der Waals surface area contributed by atoms with Crippen LogP contribution in [-0.2, 0) is 15.6 Å². The molecule has 0 saturated heterocycles. The minimum atomic E-state index is -0.954. The van der Waals surface area contributed by atoms with Gasteiger partial charge in [-0.2, -0.15) is 10.5 Å². The van der Waals surface area contributed by atoms with Crippen molar-refractivity contribution in [2.24, 2.45) is 5.41 Å². The van der Waals surface area contributed by atoms with Crippen LogP contribution in [0.3, 0.4) is 0 Å². The molecule has 29 heavy (non-hydrogen) atoms. The van der Waals surface area contributed by atoms with Gasteiger partial charge >= 0.3 is 0 Å². The molecule has 2 unspecified atom stereocenters. The molecule has 146 valence electrons. The van der Waals surface area contributed by atoms with E-state index in [9.17, 15) is 15.3 Å². The lowest BCUT2D eigenvalue weighted by Gasteiger charge is -2.39. The average molecular weight is 387 g/mol. The van der Waals surface area contributed by atoms with Crippen LogP contribution < -0.4 is 10.1 Å². The van der Waals surface area contributed by atoms with E-state index >= 15 is 0 Å². The summed E-state index contributed by atoms with van der Waals surface area (Å²) in [5, 5.41) is 21.9. The number of carbonyl (C=O) groups is 1. The molecule has 1 aromatic carbocycles. The van der Waals surface area contributed by atoms with Gasteiger partial charge in [0.2, 0.25) is 5.91 Å². The van der Waals surface area contributed by atoms with Gasteiger partial charge in [-0.3, -0.25) is 4.79 Å². The zero-order chi connectivity index (χ0) is 21.0. The summed E-state index contributed by atoms with van der Waals surface area (Å²) in [4.78, 5) is 22.8. The zero-order valence-corrected chi connectivity index (χ0v) is 16.8. The van der Waals surface area contributed by atoms with E-state index in [0.717, 1.165) is 6.42 Å². The second kappa shape index (κ2) is 6.02. The van der Waals surface area contributed by atoms with Crippen LogP contribution in [0.4, 0.5) is 5.69 Å². The quantitative estimate of drug-likeness (QED) is 0.865. The first-order valence-corrected chi connectivity index (χ1v) is 9.44. The number of nitrogens with zero attached hydrogens (tertiary/aromatic N) is 4. The van der Waals surface area contributed by atoms with Crippen LogP contribution in [-0.4, -0.2) is 23.0 Å². The molecular formula is C22H21N5O2. The number of ether oxygens (including phenoxy) is 1. The maximum Gasteiger partial charge on any atom is 0.237 e. The number of rotatable bonds is 3. The highest BCUT2D eigenvalue weighted by molar-refractivity contribution is 6.02. The van der Waals surface area contributed by atoms with Crippen molar-refractivity contribution in [3.05, 3.63) is 47.0 Å². The molecule has 7 nitrogen and oxygen atoms in total. The Morgan fingerprint density at radius 3 is 2.31 bits per heavy atom. The number of anilines is 1. The van der Waals surface area contributed by atoms with Crippen molar-refractivity contribution in [1.82, 2.24) is 9.97 Å². The van der Waals surface area contributed by atoms with E-state index in [2.05, 4.69) is 22.2 Å². The lowest BCUT2D eigenvalue weighted by molar-refractivity contribution is -0.125. The number of nitrogens with one attached hydrogen (secondary N) is 1. The Labute approximate surface area is 169 Å². The zero-order valence-electron chi connectivity index (χ0n) is 16.8. The molecule has 2 aliphatic carbocycles. The van der Waals surface area contributed by atoms with Gasteiger partial charge in [0.25, 0.3) is 0 Å². The second-order valence-corrected chi connectivity index (χ2v) is 8.36. The second-order valence-electron chi connectivity index (χ2n) is 8.36. The van der Waals surface area contributed by atoms with Crippen LogP contribution >= 0.6 is 0 Å². The predicted octanol–water partition coefficient (Wildman–Crippen LogP) is 3.20. The molecule has 0 spiro atoms. The van der Waals surface area contributed by atoms with Gasteiger partial charge in [-0.05, 0) is 30.4 Å². The monoisotopic (exact) mass is 387 g/mol. The summed E-state index contributed by atoms with van der Waals surface area (Å²) in [5.41, 5.74) is -0.168. The number of benzene rings is 1. The Bertz CT molecular complexity index is 1130. The Morgan fingerprint density at radius 2 is 1.69 bits per heavy atom. The molecule has 2 atom stereocenters. The third-order valence-corrected chi connectivity index (χ3v) is 7.22. The summed E-state index contributed by atoms with van der Waals surface area (Å²) < 4.78 is 5.37. The van der Waals surface area contributed by atoms with Gasteiger partial charge in [0.05, 0.1) is 29.6 Å². The minimum Gasteiger partial charge on any atom is -0.495 e. The van der Waals surface area contributed by atoms with Crippen molar-refractivity contribution in [2.75, 3.05) is 12.4 Å². The molecule has 1 amide bonds. The maximum absolute atomic E-state index is 13.8. The topological polar surface area (TPSA) is 112 Å². The smallest absolute Gasteiger partial charge is 0.237 e. The minimum absolute atomic E-state index is 0.0103. The number of hydrogen-bond donors (Lipinski definition) is 1. The number of hydrogen-bond acceptors (Lipinski definition) is 6. The predicted molar refractivity (Wildman–Crippen MR) is 105 cm³/mol. The van der Waals surface area contributed by atoms with E-state index in [4.69, 9.17) is 4.74 Å². The van der Waals surface area contributed by atoms with E-state index in [1.54, 1.807) is 19.2 Å². The molecule has 4 rings (SSSR count). The number of methoxy groups -OCH3 is 1. The van der Waals surface area contributed by atoms with Crippen molar-refractivity contribution in [1.29, 1.82) is 10.5 Å². The Hall–Kier alpha value is -3.45. The van der Waals surface area contributed by atoms with E-state index in [0.29, 0.717) is 29.2 Å². The number of fused-ring (bicyclic) bond motifs is 5. The first kappa shape index (κ1) is 18.9. The van der Waals surface area contributed by atoms with E-state index in [1.807, 2.05) is 38.1 Å². The molecule has 1 heterocycles.